The van der Waals surface area contributed by atoms with Gasteiger partial charge in [0.15, 0.2) is 0 Å². The van der Waals surface area contributed by atoms with Crippen LogP contribution in [0.2, 0.25) is 0 Å². The lowest BCUT2D eigenvalue weighted by Gasteiger charge is -2.26. The molecule has 4 N–H and O–H groups in total. The Morgan fingerprint density at radius 1 is 1.04 bits per heavy atom. The van der Waals surface area contributed by atoms with Gasteiger partial charge in [-0.2, -0.15) is 5.06 Å². The van der Waals surface area contributed by atoms with Crippen molar-refractivity contribution in [1.29, 1.82) is 0 Å². The summed E-state index contributed by atoms with van der Waals surface area (Å²) in [6.07, 6.45) is 20.9. The molecule has 0 radical (unpaired) electrons. The van der Waals surface area contributed by atoms with E-state index in [-0.39, 0.29) is 31.5 Å². The van der Waals surface area contributed by atoms with Crippen molar-refractivity contribution >= 4 is 23.4 Å². The molecule has 1 fully saturated rings. The van der Waals surface area contributed by atoms with Crippen molar-refractivity contribution in [1.82, 2.24) is 20.6 Å². The number of aliphatic hydroxyl groups excluding tert-OH is 2. The number of amides is 2. The molecule has 1 rings (SSSR count). The molecule has 1 heterocycles. The minimum absolute atomic E-state index is 0.148. The first kappa shape index (κ1) is 46.2. The van der Waals surface area contributed by atoms with Gasteiger partial charge in [-0.3, -0.25) is 14.4 Å². The van der Waals surface area contributed by atoms with Crippen LogP contribution in [0.15, 0.2) is 109 Å². The highest BCUT2D eigenvalue weighted by atomic mass is 35.5. The van der Waals surface area contributed by atoms with E-state index in [4.69, 9.17) is 16.4 Å². The molecule has 0 aliphatic carbocycles. The van der Waals surface area contributed by atoms with E-state index in [0.29, 0.717) is 30.1 Å². The minimum Gasteiger partial charge on any atom is -0.394 e. The number of hydrogen-bond donors (Lipinski definition) is 4. The zero-order valence-electron chi connectivity index (χ0n) is 29.6. The highest BCUT2D eigenvalue weighted by Gasteiger charge is 2.48. The van der Waals surface area contributed by atoms with Crippen LogP contribution in [0, 0.1) is 17.8 Å². The molecule has 4 atom stereocenters. The maximum atomic E-state index is 13.3. The predicted molar refractivity (Wildman–Crippen MR) is 201 cm³/mol. The summed E-state index contributed by atoms with van der Waals surface area (Å²) >= 11 is 5.90. The molecule has 0 aromatic carbocycles. The summed E-state index contributed by atoms with van der Waals surface area (Å²) in [5.74, 6) is 4.65. The number of carbonyl (C=O) groups excluding carboxylic acids is 2. The van der Waals surface area contributed by atoms with Crippen molar-refractivity contribution in [2.75, 3.05) is 39.8 Å². The number of aliphatic hydroxyl groups is 2. The first-order valence-electron chi connectivity index (χ1n) is 16.3. The second-order valence-corrected chi connectivity index (χ2v) is 10.1. The molecule has 1 saturated heterocycles. The number of allylic oxidation sites excluding steroid dienone is 12. The summed E-state index contributed by atoms with van der Waals surface area (Å²) in [6, 6.07) is -0.817. The first-order valence-corrected chi connectivity index (χ1v) is 16.6. The monoisotopic (exact) mass is 684 g/mol. The molecule has 0 aromatic heterocycles. The number of hydrogen-bond acceptors (Lipinski definition) is 7. The summed E-state index contributed by atoms with van der Waals surface area (Å²) in [7, 11) is 1.92. The van der Waals surface area contributed by atoms with Crippen LogP contribution in [0.5, 0.6) is 0 Å². The molecule has 10 heteroatoms. The van der Waals surface area contributed by atoms with Gasteiger partial charge in [-0.1, -0.05) is 113 Å². The molecule has 266 valence electrons. The van der Waals surface area contributed by atoms with E-state index >= 15 is 0 Å². The molecule has 0 bridgehead atoms. The molecule has 1 aliphatic rings. The third-order valence-corrected chi connectivity index (χ3v) is 6.51. The summed E-state index contributed by atoms with van der Waals surface area (Å²) in [4.78, 5) is 32.9. The molecule has 9 nitrogen and oxygen atoms in total. The smallest absolute Gasteiger partial charge is 0.244 e. The van der Waals surface area contributed by atoms with Gasteiger partial charge in [0.25, 0.3) is 0 Å². The predicted octanol–water partition coefficient (Wildman–Crippen LogP) is 5.36. The van der Waals surface area contributed by atoms with E-state index in [2.05, 4.69) is 42.2 Å². The Morgan fingerprint density at radius 2 is 1.75 bits per heavy atom. The van der Waals surface area contributed by atoms with Gasteiger partial charge in [-0.25, -0.2) is 0 Å². The molecule has 48 heavy (non-hydrogen) atoms. The maximum Gasteiger partial charge on any atom is 0.244 e. The lowest BCUT2D eigenvalue weighted by Crippen LogP contribution is -2.49. The van der Waals surface area contributed by atoms with Crippen LogP contribution in [0.1, 0.15) is 41.0 Å². The number of halogens is 1. The number of nitrogens with one attached hydrogen (secondary N) is 2. The van der Waals surface area contributed by atoms with E-state index in [1.807, 2.05) is 51.9 Å². The zero-order valence-corrected chi connectivity index (χ0v) is 30.3. The quantitative estimate of drug-likeness (QED) is 0.0666. The number of hydroxylamine groups is 2. The molecule has 0 spiro atoms. The van der Waals surface area contributed by atoms with Gasteiger partial charge < -0.3 is 25.7 Å². The lowest BCUT2D eigenvalue weighted by atomic mass is 9.89. The fourth-order valence-electron chi connectivity index (χ4n) is 4.14. The molecule has 4 unspecified atom stereocenters. The minimum atomic E-state index is -0.895. The fourth-order valence-corrected chi connectivity index (χ4v) is 4.21. The molecule has 0 saturated carbocycles. The average molecular weight is 685 g/mol. The van der Waals surface area contributed by atoms with Crippen LogP contribution in [0.4, 0.5) is 0 Å². The third kappa shape index (κ3) is 20.4. The van der Waals surface area contributed by atoms with Gasteiger partial charge in [0.05, 0.1) is 19.3 Å². The van der Waals surface area contributed by atoms with E-state index in [1.165, 1.54) is 11.1 Å². The van der Waals surface area contributed by atoms with E-state index in [9.17, 15) is 19.8 Å². The second kappa shape index (κ2) is 30.4. The number of nitrogens with zero attached hydrogens (tertiary/aromatic N) is 2. The van der Waals surface area contributed by atoms with Crippen LogP contribution in [-0.4, -0.2) is 90.1 Å². The highest BCUT2D eigenvalue weighted by Crippen LogP contribution is 2.30. The first-order chi connectivity index (χ1) is 23.2. The molecule has 1 aliphatic heterocycles. The van der Waals surface area contributed by atoms with Crippen LogP contribution in [-0.2, 0) is 14.4 Å². The SMILES string of the molecule is C=C/C=C\C=C\C(=O)NCC#CC(/C=C/CN1OC(CO)C(C(C)O)C1C(=O)NCCCN(C)/C=C/C=C(/Cl)C=C)=C/C=C.CC.CC. The van der Waals surface area contributed by atoms with Gasteiger partial charge in [0, 0.05) is 49.3 Å². The largest absolute Gasteiger partial charge is 0.394 e. The Kier molecular flexibility index (Phi) is 29.3. The summed E-state index contributed by atoms with van der Waals surface area (Å²) in [6.45, 7) is 21.6. The topological polar surface area (TPSA) is 114 Å². The van der Waals surface area contributed by atoms with Crippen LogP contribution in [0.25, 0.3) is 0 Å². The Balaban J connectivity index is 0. The number of rotatable bonds is 18. The fraction of sp³-hybridized carbons (Fsp3) is 0.421. The Morgan fingerprint density at radius 3 is 2.35 bits per heavy atom. The Labute approximate surface area is 294 Å². The van der Waals surface area contributed by atoms with Crippen molar-refractivity contribution in [3.63, 3.8) is 0 Å². The van der Waals surface area contributed by atoms with Crippen LogP contribution >= 0.6 is 11.6 Å². The van der Waals surface area contributed by atoms with Crippen molar-refractivity contribution < 1.29 is 24.6 Å². The molecular weight excluding hydrogens is 628 g/mol. The van der Waals surface area contributed by atoms with Gasteiger partial charge in [0.1, 0.15) is 12.1 Å². The van der Waals surface area contributed by atoms with Crippen molar-refractivity contribution in [2.45, 2.75) is 59.3 Å². The van der Waals surface area contributed by atoms with Gasteiger partial charge in [0.2, 0.25) is 11.8 Å². The standard InChI is InChI=1S/C34H45ClN4O5.2C2H6/c1-6-9-10-11-20-31(42)36-21-12-17-28(16-7-2)18-13-25-39-33(32(27(4)41)30(26-40)44-39)34(43)37-22-15-24-38(5)23-14-19-29(35)8-3;2*1-2/h6-11,13-14,16,18-20,23,27,30,32-33,40-41H,1-3,15,21-22,24-26H2,4-5H3,(H,36,42)(H,37,43);2*1-2H3/b10-9-,18-13+,20-11+,23-14+,28-16-,29-19+;;. The average Bonchev–Trinajstić information content (AvgIpc) is 3.47. The summed E-state index contributed by atoms with van der Waals surface area (Å²) in [5.41, 5.74) is 0.630. The highest BCUT2D eigenvalue weighted by molar-refractivity contribution is 6.31. The van der Waals surface area contributed by atoms with Crippen LogP contribution < -0.4 is 10.6 Å². The molecule has 2 amide bonds. The number of carbonyl (C=O) groups is 2. The maximum absolute atomic E-state index is 13.3. The van der Waals surface area contributed by atoms with E-state index in [1.54, 1.807) is 67.7 Å². The van der Waals surface area contributed by atoms with Gasteiger partial charge in [-0.15, -0.1) is 0 Å². The Bertz CT molecular complexity index is 1210. The third-order valence-electron chi connectivity index (χ3n) is 6.23. The summed E-state index contributed by atoms with van der Waals surface area (Å²) < 4.78 is 0. The van der Waals surface area contributed by atoms with E-state index < -0.39 is 24.2 Å². The van der Waals surface area contributed by atoms with Crippen molar-refractivity contribution in [2.24, 2.45) is 5.92 Å². The Hall–Kier alpha value is -3.91. The normalized spacial score (nSPS) is 18.7. The van der Waals surface area contributed by atoms with Crippen molar-refractivity contribution in [3.8, 4) is 11.8 Å². The second-order valence-electron chi connectivity index (χ2n) is 9.67. The summed E-state index contributed by atoms with van der Waals surface area (Å²) in [5, 5.41) is 28.0. The van der Waals surface area contributed by atoms with Gasteiger partial charge in [-0.05, 0) is 43.8 Å². The van der Waals surface area contributed by atoms with E-state index in [0.717, 1.165) is 0 Å². The van der Waals surface area contributed by atoms with Crippen molar-refractivity contribution in [3.05, 3.63) is 109 Å². The lowest BCUT2D eigenvalue weighted by molar-refractivity contribution is -0.170. The molecular formula is C38H57ClN4O5. The van der Waals surface area contributed by atoms with Crippen LogP contribution in [0.3, 0.4) is 0 Å². The van der Waals surface area contributed by atoms with Gasteiger partial charge >= 0.3 is 0 Å². The zero-order chi connectivity index (χ0) is 36.7. The molecule has 0 aromatic rings.